The monoisotopic (exact) mass is 251 g/mol. The molecular formula is C13H18ClN3. The fourth-order valence-electron chi connectivity index (χ4n) is 2.56. The molecule has 1 saturated heterocycles. The summed E-state index contributed by atoms with van der Waals surface area (Å²) in [5.41, 5.74) is 7.93. The van der Waals surface area contributed by atoms with Gasteiger partial charge in [0, 0.05) is 37.2 Å². The molecular weight excluding hydrogens is 234 g/mol. The van der Waals surface area contributed by atoms with Crippen LogP contribution in [0.15, 0.2) is 18.2 Å². The molecule has 2 N–H and O–H groups in total. The third kappa shape index (κ3) is 2.35. The van der Waals surface area contributed by atoms with Gasteiger partial charge in [0.1, 0.15) is 0 Å². The van der Waals surface area contributed by atoms with Crippen molar-refractivity contribution in [2.75, 3.05) is 36.8 Å². The van der Waals surface area contributed by atoms with Crippen molar-refractivity contribution in [3.63, 3.8) is 0 Å². The predicted octanol–water partition coefficient (Wildman–Crippen LogP) is 2.21. The average molecular weight is 252 g/mol. The molecule has 0 atom stereocenters. The lowest BCUT2D eigenvalue weighted by molar-refractivity contribution is 0.248. The maximum Gasteiger partial charge on any atom is 0.0615 e. The van der Waals surface area contributed by atoms with Crippen molar-refractivity contribution in [3.8, 4) is 0 Å². The van der Waals surface area contributed by atoms with Crippen LogP contribution in [0.1, 0.15) is 12.8 Å². The minimum absolute atomic E-state index is 0.763. The summed E-state index contributed by atoms with van der Waals surface area (Å²) in [5, 5.41) is 0.763. The Bertz CT molecular complexity index is 409. The van der Waals surface area contributed by atoms with Crippen LogP contribution in [0.3, 0.4) is 0 Å². The number of rotatable bonds is 2. The molecule has 2 fully saturated rings. The Morgan fingerprint density at radius 1 is 1.12 bits per heavy atom. The predicted molar refractivity (Wildman–Crippen MR) is 72.7 cm³/mol. The highest BCUT2D eigenvalue weighted by Crippen LogP contribution is 2.31. The second kappa shape index (κ2) is 4.39. The van der Waals surface area contributed by atoms with Gasteiger partial charge in [0.2, 0.25) is 0 Å². The maximum absolute atomic E-state index is 6.03. The Kier molecular flexibility index (Phi) is 2.89. The van der Waals surface area contributed by atoms with Crippen LogP contribution < -0.4 is 10.6 Å². The Morgan fingerprint density at radius 3 is 2.47 bits per heavy atom. The van der Waals surface area contributed by atoms with Gasteiger partial charge in [-0.15, -0.1) is 0 Å². The number of hydrogen-bond donors (Lipinski definition) is 1. The zero-order valence-electron chi connectivity index (χ0n) is 9.90. The summed E-state index contributed by atoms with van der Waals surface area (Å²) < 4.78 is 0. The lowest BCUT2D eigenvalue weighted by Crippen LogP contribution is -2.47. The second-order valence-corrected chi connectivity index (χ2v) is 5.39. The van der Waals surface area contributed by atoms with Gasteiger partial charge < -0.3 is 10.6 Å². The van der Waals surface area contributed by atoms with Crippen LogP contribution in [0.5, 0.6) is 0 Å². The topological polar surface area (TPSA) is 32.5 Å². The molecule has 2 aliphatic rings. The van der Waals surface area contributed by atoms with E-state index in [0.717, 1.165) is 48.6 Å². The first-order valence-electron chi connectivity index (χ1n) is 6.28. The molecule has 17 heavy (non-hydrogen) atoms. The van der Waals surface area contributed by atoms with Gasteiger partial charge in [0.05, 0.1) is 11.4 Å². The fourth-order valence-corrected chi connectivity index (χ4v) is 2.72. The Morgan fingerprint density at radius 2 is 1.82 bits per heavy atom. The number of nitrogen functional groups attached to an aromatic ring is 1. The molecule has 1 heterocycles. The summed E-state index contributed by atoms with van der Waals surface area (Å²) in [7, 11) is 0. The van der Waals surface area contributed by atoms with Gasteiger partial charge in [0.15, 0.2) is 0 Å². The third-order valence-corrected chi connectivity index (χ3v) is 3.95. The number of nitrogens with two attached hydrogens (primary N) is 1. The van der Waals surface area contributed by atoms with E-state index in [0.29, 0.717) is 0 Å². The summed E-state index contributed by atoms with van der Waals surface area (Å²) in [6, 6.07) is 6.59. The highest BCUT2D eigenvalue weighted by atomic mass is 35.5. The Labute approximate surface area is 107 Å². The quantitative estimate of drug-likeness (QED) is 0.818. The molecule has 0 radical (unpaired) electrons. The van der Waals surface area contributed by atoms with Crippen molar-refractivity contribution >= 4 is 23.0 Å². The van der Waals surface area contributed by atoms with Crippen LogP contribution in [0, 0.1) is 0 Å². The van der Waals surface area contributed by atoms with E-state index in [4.69, 9.17) is 17.3 Å². The zero-order chi connectivity index (χ0) is 11.8. The van der Waals surface area contributed by atoms with Gasteiger partial charge in [-0.1, -0.05) is 11.6 Å². The van der Waals surface area contributed by atoms with Crippen molar-refractivity contribution in [1.29, 1.82) is 0 Å². The first-order chi connectivity index (χ1) is 8.24. The molecule has 0 aromatic heterocycles. The largest absolute Gasteiger partial charge is 0.397 e. The maximum atomic E-state index is 6.03. The van der Waals surface area contributed by atoms with Crippen molar-refractivity contribution < 1.29 is 0 Å². The molecule has 1 aromatic rings. The third-order valence-electron chi connectivity index (χ3n) is 3.71. The summed E-state index contributed by atoms with van der Waals surface area (Å²) in [4.78, 5) is 4.94. The first-order valence-corrected chi connectivity index (χ1v) is 6.66. The molecule has 0 bridgehead atoms. The molecule has 92 valence electrons. The van der Waals surface area contributed by atoms with Gasteiger partial charge >= 0.3 is 0 Å². The molecule has 0 spiro atoms. The lowest BCUT2D eigenvalue weighted by atomic mass is 10.2. The molecule has 1 aliphatic heterocycles. The van der Waals surface area contributed by atoms with E-state index < -0.39 is 0 Å². The average Bonchev–Trinajstić information content (AvgIpc) is 3.17. The zero-order valence-corrected chi connectivity index (χ0v) is 10.7. The van der Waals surface area contributed by atoms with E-state index in [-0.39, 0.29) is 0 Å². The standard InChI is InChI=1S/C13H18ClN3/c14-10-1-4-12(15)13(9-10)17-7-5-16(6-8-17)11-2-3-11/h1,4,9,11H,2-3,5-8,15H2. The van der Waals surface area contributed by atoms with Crippen LogP contribution in [-0.2, 0) is 0 Å². The number of nitrogens with zero attached hydrogens (tertiary/aromatic N) is 2. The van der Waals surface area contributed by atoms with Crippen LogP contribution >= 0.6 is 11.6 Å². The van der Waals surface area contributed by atoms with E-state index in [1.807, 2.05) is 18.2 Å². The smallest absolute Gasteiger partial charge is 0.0615 e. The molecule has 3 rings (SSSR count). The van der Waals surface area contributed by atoms with E-state index in [1.165, 1.54) is 12.8 Å². The molecule has 0 amide bonds. The molecule has 0 unspecified atom stereocenters. The summed E-state index contributed by atoms with van der Waals surface area (Å²) in [6.45, 7) is 4.41. The van der Waals surface area contributed by atoms with Gasteiger partial charge in [0.25, 0.3) is 0 Å². The molecule has 4 heteroatoms. The summed E-state index contributed by atoms with van der Waals surface area (Å²) >= 11 is 6.03. The van der Waals surface area contributed by atoms with Crippen LogP contribution in [0.4, 0.5) is 11.4 Å². The highest BCUT2D eigenvalue weighted by molar-refractivity contribution is 6.31. The normalized spacial score (nSPS) is 21.8. The molecule has 1 aliphatic carbocycles. The molecule has 1 aromatic carbocycles. The van der Waals surface area contributed by atoms with Crippen LogP contribution in [-0.4, -0.2) is 37.1 Å². The second-order valence-electron chi connectivity index (χ2n) is 4.96. The minimum atomic E-state index is 0.763. The SMILES string of the molecule is Nc1ccc(Cl)cc1N1CCN(C2CC2)CC1. The number of hydrogen-bond acceptors (Lipinski definition) is 3. The van der Waals surface area contributed by atoms with Gasteiger partial charge in [-0.25, -0.2) is 0 Å². The van der Waals surface area contributed by atoms with Gasteiger partial charge in [-0.05, 0) is 31.0 Å². The Hall–Kier alpha value is -0.930. The van der Waals surface area contributed by atoms with Gasteiger partial charge in [-0.3, -0.25) is 4.90 Å². The van der Waals surface area contributed by atoms with Gasteiger partial charge in [-0.2, -0.15) is 0 Å². The van der Waals surface area contributed by atoms with Crippen LogP contribution in [0.25, 0.3) is 0 Å². The lowest BCUT2D eigenvalue weighted by Gasteiger charge is -2.36. The molecule has 3 nitrogen and oxygen atoms in total. The van der Waals surface area contributed by atoms with Crippen molar-refractivity contribution in [1.82, 2.24) is 4.90 Å². The van der Waals surface area contributed by atoms with E-state index in [9.17, 15) is 0 Å². The van der Waals surface area contributed by atoms with E-state index in [1.54, 1.807) is 0 Å². The number of benzene rings is 1. The van der Waals surface area contributed by atoms with E-state index in [2.05, 4.69) is 9.80 Å². The number of halogens is 1. The number of piperazine rings is 1. The summed E-state index contributed by atoms with van der Waals surface area (Å²) in [5.74, 6) is 0. The minimum Gasteiger partial charge on any atom is -0.397 e. The van der Waals surface area contributed by atoms with Crippen molar-refractivity contribution in [2.45, 2.75) is 18.9 Å². The summed E-state index contributed by atoms with van der Waals surface area (Å²) in [6.07, 6.45) is 2.78. The van der Waals surface area contributed by atoms with E-state index >= 15 is 0 Å². The molecule has 1 saturated carbocycles. The van der Waals surface area contributed by atoms with Crippen LogP contribution in [0.2, 0.25) is 5.02 Å². The van der Waals surface area contributed by atoms with Crippen molar-refractivity contribution in [3.05, 3.63) is 23.2 Å². The number of anilines is 2. The first kappa shape index (κ1) is 11.2. The Balaban J connectivity index is 1.70. The van der Waals surface area contributed by atoms with Crippen molar-refractivity contribution in [2.24, 2.45) is 0 Å². The highest BCUT2D eigenvalue weighted by Gasteiger charge is 2.31. The fraction of sp³-hybridized carbons (Fsp3) is 0.538.